The van der Waals surface area contributed by atoms with Crippen LogP contribution in [-0.2, 0) is 19.2 Å². The van der Waals surface area contributed by atoms with E-state index < -0.39 is 0 Å². The Labute approximate surface area is 98.4 Å². The fourth-order valence-electron chi connectivity index (χ4n) is 1.92. The smallest absolute Gasteiger partial charge is 1.00 e. The molecule has 14 heavy (non-hydrogen) atoms. The first-order valence-electron chi connectivity index (χ1n) is 5.41. The normalized spacial score (nSPS) is 19.4. The standard InChI is InChI=1S/C8H11.C5H5.Ti.2H/c1-2-5-8-6-3-4-7-8;1-2-4-5-3-1;;;/h3,6H,2,4-5H2,1H3;1-3H,4H2;;;/q;;;2*-1. The molecule has 2 rings (SSSR count). The van der Waals surface area contributed by atoms with Crippen molar-refractivity contribution in [3.63, 3.8) is 0 Å². The van der Waals surface area contributed by atoms with Crippen molar-refractivity contribution in [2.24, 2.45) is 0 Å². The van der Waals surface area contributed by atoms with Gasteiger partial charge in [-0.25, -0.2) is 0 Å². The van der Waals surface area contributed by atoms with Crippen molar-refractivity contribution in [1.29, 1.82) is 0 Å². The summed E-state index contributed by atoms with van der Waals surface area (Å²) in [5.74, 6) is 0. The molecule has 0 atom stereocenters. The molecule has 0 aromatic carbocycles. The van der Waals surface area contributed by atoms with E-state index >= 15 is 0 Å². The van der Waals surface area contributed by atoms with E-state index in [0.717, 1.165) is 0 Å². The topological polar surface area (TPSA) is 0 Å². The third-order valence-electron chi connectivity index (χ3n) is 2.63. The van der Waals surface area contributed by atoms with Crippen LogP contribution in [0.4, 0.5) is 0 Å². The SMILES string of the molecule is CCCC1=[C]([Ti][C]2=CC=CC2)CC=C1.[H-].[H-]. The molecular formula is C13H18Ti-2. The van der Waals surface area contributed by atoms with Crippen LogP contribution in [0.5, 0.6) is 0 Å². The number of allylic oxidation sites excluding steroid dienone is 8. The molecule has 0 radical (unpaired) electrons. The zero-order chi connectivity index (χ0) is 9.80. The molecule has 0 saturated carbocycles. The van der Waals surface area contributed by atoms with Gasteiger partial charge in [0.2, 0.25) is 0 Å². The summed E-state index contributed by atoms with van der Waals surface area (Å²) in [4.78, 5) is 0. The Bertz CT molecular complexity index is 338. The summed E-state index contributed by atoms with van der Waals surface area (Å²) in [5, 5.41) is 0. The van der Waals surface area contributed by atoms with Crippen molar-refractivity contribution in [2.75, 3.05) is 0 Å². The fraction of sp³-hybridized carbons (Fsp3) is 0.385. The largest absolute Gasteiger partial charge is 1.00 e. The molecule has 0 bridgehead atoms. The van der Waals surface area contributed by atoms with Crippen LogP contribution in [0, 0.1) is 0 Å². The summed E-state index contributed by atoms with van der Waals surface area (Å²) in [7, 11) is 0. The predicted molar refractivity (Wildman–Crippen MR) is 59.8 cm³/mol. The number of hydrogen-bond acceptors (Lipinski definition) is 0. The average molecular weight is 222 g/mol. The fourth-order valence-corrected chi connectivity index (χ4v) is 4.07. The molecule has 0 spiro atoms. The zero-order valence-electron chi connectivity index (χ0n) is 10.7. The van der Waals surface area contributed by atoms with Crippen molar-refractivity contribution in [2.45, 2.75) is 32.6 Å². The monoisotopic (exact) mass is 222 g/mol. The van der Waals surface area contributed by atoms with Gasteiger partial charge >= 0.3 is 95.5 Å². The van der Waals surface area contributed by atoms with Crippen LogP contribution in [-0.4, -0.2) is 0 Å². The van der Waals surface area contributed by atoms with Gasteiger partial charge in [-0.3, -0.25) is 0 Å². The van der Waals surface area contributed by atoms with Gasteiger partial charge in [-0.15, -0.1) is 0 Å². The molecule has 0 unspecified atom stereocenters. The molecule has 0 aromatic rings. The maximum absolute atomic E-state index is 2.35. The maximum Gasteiger partial charge on any atom is -1.00 e. The Hall–Kier alpha value is -0.326. The minimum absolute atomic E-state index is 0. The van der Waals surface area contributed by atoms with Gasteiger partial charge in [-0.1, -0.05) is 0 Å². The first-order chi connectivity index (χ1) is 6.90. The molecule has 0 saturated heterocycles. The van der Waals surface area contributed by atoms with E-state index in [9.17, 15) is 0 Å². The Morgan fingerprint density at radius 1 is 1.36 bits per heavy atom. The summed E-state index contributed by atoms with van der Waals surface area (Å²) < 4.78 is 3.49. The Kier molecular flexibility index (Phi) is 3.61. The van der Waals surface area contributed by atoms with E-state index in [4.69, 9.17) is 0 Å². The van der Waals surface area contributed by atoms with Crippen molar-refractivity contribution in [3.05, 3.63) is 43.7 Å². The van der Waals surface area contributed by atoms with Crippen LogP contribution in [0.25, 0.3) is 0 Å². The molecule has 2 aliphatic carbocycles. The summed E-state index contributed by atoms with van der Waals surface area (Å²) in [6, 6.07) is 0. The third kappa shape index (κ3) is 2.37. The average Bonchev–Trinajstić information content (AvgIpc) is 2.80. The molecule has 76 valence electrons. The van der Waals surface area contributed by atoms with E-state index in [1.165, 1.54) is 25.7 Å². The van der Waals surface area contributed by atoms with Crippen molar-refractivity contribution >= 4 is 0 Å². The summed E-state index contributed by atoms with van der Waals surface area (Å²) >= 11 is 0.0413. The molecule has 2 aliphatic rings. The van der Waals surface area contributed by atoms with E-state index in [-0.39, 0.29) is 22.0 Å². The second-order valence-corrected chi connectivity index (χ2v) is 6.15. The summed E-state index contributed by atoms with van der Waals surface area (Å²) in [6.45, 7) is 2.27. The van der Waals surface area contributed by atoms with Crippen molar-refractivity contribution < 1.29 is 22.0 Å². The number of hydrogen-bond donors (Lipinski definition) is 0. The van der Waals surface area contributed by atoms with Gasteiger partial charge in [0.15, 0.2) is 0 Å². The Balaban J connectivity index is 0.00000112. The van der Waals surface area contributed by atoms with E-state index in [1.54, 1.807) is 13.3 Å². The molecule has 0 amide bonds. The van der Waals surface area contributed by atoms with Crippen molar-refractivity contribution in [3.8, 4) is 0 Å². The summed E-state index contributed by atoms with van der Waals surface area (Å²) in [6.07, 6.45) is 16.5. The first-order valence-corrected chi connectivity index (χ1v) is 6.97. The summed E-state index contributed by atoms with van der Waals surface area (Å²) in [5.41, 5.74) is 1.65. The minimum atomic E-state index is 0. The van der Waals surface area contributed by atoms with E-state index in [2.05, 4.69) is 37.3 Å². The molecule has 1 heteroatoms. The third-order valence-corrected chi connectivity index (χ3v) is 5.00. The van der Waals surface area contributed by atoms with Crippen LogP contribution < -0.4 is 0 Å². The number of rotatable bonds is 4. The minimum Gasteiger partial charge on any atom is -1.00 e. The molecule has 0 heterocycles. The zero-order valence-corrected chi connectivity index (χ0v) is 10.3. The Morgan fingerprint density at radius 3 is 3.00 bits per heavy atom. The van der Waals surface area contributed by atoms with Gasteiger partial charge in [0.25, 0.3) is 0 Å². The quantitative estimate of drug-likeness (QED) is 0.627. The van der Waals surface area contributed by atoms with Gasteiger partial charge in [-0.2, -0.15) is 0 Å². The van der Waals surface area contributed by atoms with Gasteiger partial charge in [-0.05, 0) is 0 Å². The molecule has 0 nitrogen and oxygen atoms in total. The van der Waals surface area contributed by atoms with E-state index in [1.807, 2.05) is 0 Å². The second-order valence-electron chi connectivity index (χ2n) is 3.81. The second kappa shape index (κ2) is 4.95. The maximum atomic E-state index is 2.35. The van der Waals surface area contributed by atoms with Gasteiger partial charge in [0.05, 0.1) is 0 Å². The Morgan fingerprint density at radius 2 is 2.29 bits per heavy atom. The van der Waals surface area contributed by atoms with Crippen LogP contribution in [0.15, 0.2) is 43.7 Å². The van der Waals surface area contributed by atoms with Gasteiger partial charge in [0, 0.05) is 0 Å². The van der Waals surface area contributed by atoms with Crippen LogP contribution in [0.2, 0.25) is 0 Å². The molecule has 0 N–H and O–H groups in total. The van der Waals surface area contributed by atoms with E-state index in [0.29, 0.717) is 0 Å². The molecule has 0 aliphatic heterocycles. The first kappa shape index (κ1) is 10.2. The van der Waals surface area contributed by atoms with Crippen molar-refractivity contribution in [1.82, 2.24) is 0 Å². The molecular weight excluding hydrogens is 204 g/mol. The molecule has 0 aromatic heterocycles. The van der Waals surface area contributed by atoms with Gasteiger partial charge in [0.1, 0.15) is 0 Å². The van der Waals surface area contributed by atoms with Gasteiger partial charge < -0.3 is 2.85 Å². The van der Waals surface area contributed by atoms with Crippen LogP contribution in [0.1, 0.15) is 35.5 Å². The molecule has 0 fully saturated rings. The predicted octanol–water partition coefficient (Wildman–Crippen LogP) is 4.15. The van der Waals surface area contributed by atoms with Crippen LogP contribution in [0.3, 0.4) is 0 Å². The van der Waals surface area contributed by atoms with Crippen LogP contribution >= 0.6 is 0 Å².